The number of ether oxygens (including phenoxy) is 2. The Morgan fingerprint density at radius 3 is 2.61 bits per heavy atom. The first-order valence-electron chi connectivity index (χ1n) is 10.8. The molecule has 0 radical (unpaired) electrons. The molecule has 1 aliphatic heterocycles. The van der Waals surface area contributed by atoms with Crippen LogP contribution in [0.1, 0.15) is 22.3 Å². The Morgan fingerprint density at radius 1 is 1.09 bits per heavy atom. The van der Waals surface area contributed by atoms with Crippen molar-refractivity contribution < 1.29 is 19.1 Å². The summed E-state index contributed by atoms with van der Waals surface area (Å²) in [4.78, 5) is 31.9. The molecule has 0 unspecified atom stereocenters. The number of likely N-dealkylation sites (tertiary alicyclic amines) is 1. The van der Waals surface area contributed by atoms with Crippen molar-refractivity contribution >= 4 is 11.8 Å². The summed E-state index contributed by atoms with van der Waals surface area (Å²) < 4.78 is 10.6. The molecule has 7 heteroatoms. The molecular weight excluding hydrogens is 418 g/mol. The molecule has 2 heterocycles. The summed E-state index contributed by atoms with van der Waals surface area (Å²) in [5.41, 5.74) is 8.49. The predicted octanol–water partition coefficient (Wildman–Crippen LogP) is 3.33. The van der Waals surface area contributed by atoms with Crippen molar-refractivity contribution in [3.63, 3.8) is 0 Å². The monoisotopic (exact) mass is 445 g/mol. The maximum atomic E-state index is 13.3. The summed E-state index contributed by atoms with van der Waals surface area (Å²) in [6.07, 6.45) is 4.46. The minimum Gasteiger partial charge on any atom is -0.497 e. The van der Waals surface area contributed by atoms with Crippen molar-refractivity contribution in [3.05, 3.63) is 78.1 Å². The van der Waals surface area contributed by atoms with E-state index in [2.05, 4.69) is 4.98 Å². The number of nitrogens with two attached hydrogens (primary N) is 1. The molecule has 2 aromatic carbocycles. The van der Waals surface area contributed by atoms with Gasteiger partial charge in [0.05, 0.1) is 25.2 Å². The van der Waals surface area contributed by atoms with Crippen molar-refractivity contribution in [3.8, 4) is 22.6 Å². The summed E-state index contributed by atoms with van der Waals surface area (Å²) in [5, 5.41) is 0. The topological polar surface area (TPSA) is 94.8 Å². The smallest absolute Gasteiger partial charge is 0.257 e. The third-order valence-corrected chi connectivity index (χ3v) is 6.32. The number of carbonyl (C=O) groups is 2. The Balaban J connectivity index is 1.62. The van der Waals surface area contributed by atoms with Crippen LogP contribution < -0.4 is 15.2 Å². The molecule has 1 atom stereocenters. The summed E-state index contributed by atoms with van der Waals surface area (Å²) >= 11 is 0. The number of methoxy groups -OCH3 is 2. The van der Waals surface area contributed by atoms with Crippen LogP contribution in [0.15, 0.2) is 67.0 Å². The number of rotatable bonds is 7. The molecule has 2 N–H and O–H groups in total. The second-order valence-electron chi connectivity index (χ2n) is 8.26. The standard InChI is InChI=1S/C26H27N3O4/c1-32-20-9-10-22(23(14-20)33-2)24(30)29-13-11-26(17-29,25(27)31)15-18-6-3-4-8-21(18)19-7-5-12-28-16-19/h3-10,12,14,16H,11,13,15,17H2,1-2H3,(H2,27,31)/t26-/m0/s1. The number of nitrogens with zero attached hydrogens (tertiary/aromatic N) is 2. The van der Waals surface area contributed by atoms with Crippen LogP contribution in [0.2, 0.25) is 0 Å². The van der Waals surface area contributed by atoms with E-state index in [9.17, 15) is 9.59 Å². The average molecular weight is 446 g/mol. The van der Waals surface area contributed by atoms with Crippen LogP contribution in [0.4, 0.5) is 0 Å². The second-order valence-corrected chi connectivity index (χ2v) is 8.26. The number of carbonyl (C=O) groups excluding carboxylic acids is 2. The van der Waals surface area contributed by atoms with Gasteiger partial charge < -0.3 is 20.1 Å². The lowest BCUT2D eigenvalue weighted by atomic mass is 9.78. The maximum absolute atomic E-state index is 13.3. The minimum atomic E-state index is -0.853. The lowest BCUT2D eigenvalue weighted by Gasteiger charge is -2.27. The number of amides is 2. The molecule has 0 bridgehead atoms. The van der Waals surface area contributed by atoms with Gasteiger partial charge in [0.15, 0.2) is 0 Å². The molecule has 33 heavy (non-hydrogen) atoms. The number of hydrogen-bond donors (Lipinski definition) is 1. The third kappa shape index (κ3) is 4.39. The van der Waals surface area contributed by atoms with Gasteiger partial charge in [-0.25, -0.2) is 0 Å². The van der Waals surface area contributed by atoms with E-state index in [1.54, 1.807) is 42.6 Å². The van der Waals surface area contributed by atoms with Crippen molar-refractivity contribution in [1.29, 1.82) is 0 Å². The molecule has 170 valence electrons. The number of hydrogen-bond acceptors (Lipinski definition) is 5. The van der Waals surface area contributed by atoms with Gasteiger partial charge in [0.25, 0.3) is 5.91 Å². The highest BCUT2D eigenvalue weighted by Crippen LogP contribution is 2.38. The van der Waals surface area contributed by atoms with Gasteiger partial charge in [0, 0.05) is 37.1 Å². The first kappa shape index (κ1) is 22.3. The van der Waals surface area contributed by atoms with E-state index in [1.165, 1.54) is 7.11 Å². The zero-order chi connectivity index (χ0) is 23.4. The molecule has 1 saturated heterocycles. The van der Waals surface area contributed by atoms with Gasteiger partial charge in [0.1, 0.15) is 11.5 Å². The molecule has 1 aliphatic rings. The molecule has 1 fully saturated rings. The molecule has 0 aliphatic carbocycles. The summed E-state index contributed by atoms with van der Waals surface area (Å²) in [5.74, 6) is 0.430. The van der Waals surface area contributed by atoms with Gasteiger partial charge in [-0.1, -0.05) is 30.3 Å². The molecule has 0 saturated carbocycles. The number of aromatic nitrogens is 1. The Labute approximate surface area is 193 Å². The predicted molar refractivity (Wildman–Crippen MR) is 125 cm³/mol. The first-order valence-corrected chi connectivity index (χ1v) is 10.8. The van der Waals surface area contributed by atoms with Crippen molar-refractivity contribution in [2.45, 2.75) is 12.8 Å². The first-order chi connectivity index (χ1) is 16.0. The fraction of sp³-hybridized carbons (Fsp3) is 0.269. The average Bonchev–Trinajstić information content (AvgIpc) is 3.29. The van der Waals surface area contributed by atoms with Crippen molar-refractivity contribution in [2.75, 3.05) is 27.3 Å². The Morgan fingerprint density at radius 2 is 1.91 bits per heavy atom. The molecular formula is C26H27N3O4. The Bertz CT molecular complexity index is 1170. The zero-order valence-electron chi connectivity index (χ0n) is 18.8. The molecule has 3 aromatic rings. The van der Waals surface area contributed by atoms with Gasteiger partial charge in [0.2, 0.25) is 5.91 Å². The third-order valence-electron chi connectivity index (χ3n) is 6.32. The molecule has 0 spiro atoms. The van der Waals surface area contributed by atoms with Gasteiger partial charge in [-0.05, 0) is 42.2 Å². The largest absolute Gasteiger partial charge is 0.497 e. The van der Waals surface area contributed by atoms with Gasteiger partial charge in [-0.2, -0.15) is 0 Å². The summed E-state index contributed by atoms with van der Waals surface area (Å²) in [6, 6.07) is 16.9. The molecule has 1 aromatic heterocycles. The van der Waals surface area contributed by atoms with Crippen LogP contribution in [0.3, 0.4) is 0 Å². The van der Waals surface area contributed by atoms with E-state index in [0.717, 1.165) is 16.7 Å². The highest BCUT2D eigenvalue weighted by atomic mass is 16.5. The molecule has 7 nitrogen and oxygen atoms in total. The van der Waals surface area contributed by atoms with Crippen LogP contribution in [-0.2, 0) is 11.2 Å². The van der Waals surface area contributed by atoms with Crippen LogP contribution in [0.25, 0.3) is 11.1 Å². The van der Waals surface area contributed by atoms with Crippen LogP contribution >= 0.6 is 0 Å². The van der Waals surface area contributed by atoms with E-state index in [0.29, 0.717) is 36.4 Å². The summed E-state index contributed by atoms with van der Waals surface area (Å²) in [7, 11) is 3.07. The van der Waals surface area contributed by atoms with Crippen LogP contribution in [0, 0.1) is 5.41 Å². The van der Waals surface area contributed by atoms with Gasteiger partial charge >= 0.3 is 0 Å². The lowest BCUT2D eigenvalue weighted by Crippen LogP contribution is -2.42. The fourth-order valence-corrected chi connectivity index (χ4v) is 4.47. The van der Waals surface area contributed by atoms with Gasteiger partial charge in [-0.15, -0.1) is 0 Å². The zero-order valence-corrected chi connectivity index (χ0v) is 18.8. The highest BCUT2D eigenvalue weighted by Gasteiger charge is 2.45. The Hall–Kier alpha value is -3.87. The van der Waals surface area contributed by atoms with E-state index < -0.39 is 11.3 Å². The fourth-order valence-electron chi connectivity index (χ4n) is 4.47. The number of pyridine rings is 1. The van der Waals surface area contributed by atoms with E-state index in [4.69, 9.17) is 15.2 Å². The SMILES string of the molecule is COc1ccc(C(=O)N2CC[C@@](Cc3ccccc3-c3cccnc3)(C(N)=O)C2)c(OC)c1. The number of primary amides is 1. The normalized spacial score (nSPS) is 17.6. The van der Waals surface area contributed by atoms with Gasteiger partial charge in [-0.3, -0.25) is 14.6 Å². The van der Waals surface area contributed by atoms with E-state index in [-0.39, 0.29) is 12.5 Å². The van der Waals surface area contributed by atoms with Crippen LogP contribution in [-0.4, -0.2) is 49.0 Å². The van der Waals surface area contributed by atoms with E-state index in [1.807, 2.05) is 36.4 Å². The molecule has 2 amide bonds. The maximum Gasteiger partial charge on any atom is 0.257 e. The van der Waals surface area contributed by atoms with Crippen molar-refractivity contribution in [1.82, 2.24) is 9.88 Å². The quantitative estimate of drug-likeness (QED) is 0.602. The van der Waals surface area contributed by atoms with Crippen molar-refractivity contribution in [2.24, 2.45) is 11.1 Å². The summed E-state index contributed by atoms with van der Waals surface area (Å²) in [6.45, 7) is 0.684. The lowest BCUT2D eigenvalue weighted by molar-refractivity contribution is -0.126. The second kappa shape index (κ2) is 9.32. The van der Waals surface area contributed by atoms with E-state index >= 15 is 0 Å². The molecule has 4 rings (SSSR count). The minimum absolute atomic E-state index is 0.196. The highest BCUT2D eigenvalue weighted by molar-refractivity contribution is 5.98. The number of benzene rings is 2. The Kier molecular flexibility index (Phi) is 6.31. The van der Waals surface area contributed by atoms with Crippen LogP contribution in [0.5, 0.6) is 11.5 Å².